The lowest BCUT2D eigenvalue weighted by atomic mass is 10.4. The summed E-state index contributed by atoms with van der Waals surface area (Å²) in [5.74, 6) is -0.248. The number of nitrogens with zero attached hydrogens (tertiary/aromatic N) is 2. The van der Waals surface area contributed by atoms with E-state index in [1.165, 1.54) is 18.3 Å². The molecule has 1 aromatic heterocycles. The minimum atomic E-state index is -3.47. The second-order valence-corrected chi connectivity index (χ2v) is 6.86. The van der Waals surface area contributed by atoms with Gasteiger partial charge in [0.1, 0.15) is 5.02 Å². The fourth-order valence-corrected chi connectivity index (χ4v) is 3.05. The molecule has 106 valence electrons. The number of halogens is 2. The smallest absolute Gasteiger partial charge is 0.266 e. The van der Waals surface area contributed by atoms with Gasteiger partial charge < -0.3 is 0 Å². The Morgan fingerprint density at radius 2 is 1.80 bits per heavy atom. The van der Waals surface area contributed by atoms with Gasteiger partial charge in [-0.15, -0.1) is 0 Å². The molecule has 0 N–H and O–H groups in total. The number of benzene rings is 1. The summed E-state index contributed by atoms with van der Waals surface area (Å²) in [6, 6.07) is 8.00. The van der Waals surface area contributed by atoms with E-state index in [-0.39, 0.29) is 27.2 Å². The monoisotopic (exact) mass is 332 g/mol. The normalized spacial score (nSPS) is 11.5. The van der Waals surface area contributed by atoms with E-state index in [1.54, 1.807) is 18.2 Å². The van der Waals surface area contributed by atoms with Crippen LogP contribution in [-0.2, 0) is 16.4 Å². The van der Waals surface area contributed by atoms with Crippen molar-refractivity contribution in [2.24, 2.45) is 0 Å². The Kier molecular flexibility index (Phi) is 4.47. The van der Waals surface area contributed by atoms with Gasteiger partial charge in [0, 0.05) is 0 Å². The third-order valence-corrected chi connectivity index (χ3v) is 5.08. The largest absolute Gasteiger partial charge is 0.287 e. The fraction of sp³-hybridized carbons (Fsp3) is 0.167. The van der Waals surface area contributed by atoms with E-state index in [1.807, 2.05) is 0 Å². The molecule has 2 aromatic rings. The zero-order valence-electron chi connectivity index (χ0n) is 10.2. The fourth-order valence-electron chi connectivity index (χ4n) is 1.56. The van der Waals surface area contributed by atoms with E-state index in [0.29, 0.717) is 0 Å². The van der Waals surface area contributed by atoms with Crippen molar-refractivity contribution in [2.75, 3.05) is 5.75 Å². The molecular formula is C12H10Cl2N2O3S. The standard InChI is InChI=1S/C12H10Cl2N2O3S/c13-10-8-15-16(12(17)11(10)14)6-7-20(18,19)9-4-2-1-3-5-9/h1-5,8H,6-7H2. The summed E-state index contributed by atoms with van der Waals surface area (Å²) in [5.41, 5.74) is -0.609. The summed E-state index contributed by atoms with van der Waals surface area (Å²) in [7, 11) is -3.47. The first-order valence-corrected chi connectivity index (χ1v) is 8.01. The van der Waals surface area contributed by atoms with E-state index < -0.39 is 15.4 Å². The van der Waals surface area contributed by atoms with Crippen LogP contribution in [-0.4, -0.2) is 24.0 Å². The molecule has 0 spiro atoms. The molecular weight excluding hydrogens is 323 g/mol. The van der Waals surface area contributed by atoms with Crippen LogP contribution in [0.3, 0.4) is 0 Å². The predicted molar refractivity (Wildman–Crippen MR) is 77.0 cm³/mol. The van der Waals surface area contributed by atoms with Gasteiger partial charge in [-0.05, 0) is 12.1 Å². The van der Waals surface area contributed by atoms with Gasteiger partial charge in [-0.2, -0.15) is 5.10 Å². The van der Waals surface area contributed by atoms with Crippen molar-refractivity contribution < 1.29 is 8.42 Å². The lowest BCUT2D eigenvalue weighted by Gasteiger charge is -2.06. The number of aromatic nitrogens is 2. The lowest BCUT2D eigenvalue weighted by molar-refractivity contribution is 0.571. The van der Waals surface area contributed by atoms with Crippen molar-refractivity contribution in [3.05, 3.63) is 56.9 Å². The average molecular weight is 333 g/mol. The highest BCUT2D eigenvalue weighted by atomic mass is 35.5. The maximum absolute atomic E-state index is 12.1. The summed E-state index contributed by atoms with van der Waals surface area (Å²) >= 11 is 11.3. The molecule has 0 bridgehead atoms. The third-order valence-electron chi connectivity index (χ3n) is 2.62. The lowest BCUT2D eigenvalue weighted by Crippen LogP contribution is -2.26. The highest BCUT2D eigenvalue weighted by Crippen LogP contribution is 2.15. The summed E-state index contributed by atoms with van der Waals surface area (Å²) < 4.78 is 25.1. The van der Waals surface area contributed by atoms with Crippen molar-refractivity contribution in [1.82, 2.24) is 9.78 Å². The molecule has 0 atom stereocenters. The summed E-state index contributed by atoms with van der Waals surface area (Å²) in [6.07, 6.45) is 1.21. The van der Waals surface area contributed by atoms with Crippen LogP contribution in [0.2, 0.25) is 10.0 Å². The molecule has 2 rings (SSSR count). The Hall–Kier alpha value is -1.37. The molecule has 1 heterocycles. The molecule has 0 aliphatic heterocycles. The van der Waals surface area contributed by atoms with Gasteiger partial charge in [0.05, 0.1) is 28.4 Å². The molecule has 0 amide bonds. The molecule has 20 heavy (non-hydrogen) atoms. The minimum absolute atomic E-state index is 0.0406. The molecule has 0 radical (unpaired) electrons. The van der Waals surface area contributed by atoms with Gasteiger partial charge in [0.2, 0.25) is 0 Å². The number of aryl methyl sites for hydroxylation is 1. The molecule has 8 heteroatoms. The Balaban J connectivity index is 2.22. The van der Waals surface area contributed by atoms with Gasteiger partial charge in [-0.3, -0.25) is 4.79 Å². The third kappa shape index (κ3) is 3.20. The zero-order chi connectivity index (χ0) is 14.8. The predicted octanol–water partition coefficient (Wildman–Crippen LogP) is 2.02. The number of sulfone groups is 1. The molecule has 1 aromatic carbocycles. The molecule has 5 nitrogen and oxygen atoms in total. The van der Waals surface area contributed by atoms with Crippen LogP contribution < -0.4 is 5.56 Å². The summed E-state index contributed by atoms with van der Waals surface area (Å²) in [5, 5.41) is 3.63. The SMILES string of the molecule is O=c1c(Cl)c(Cl)cnn1CCS(=O)(=O)c1ccccc1. The highest BCUT2D eigenvalue weighted by molar-refractivity contribution is 7.91. The van der Waals surface area contributed by atoms with Crippen LogP contribution in [0.1, 0.15) is 0 Å². The van der Waals surface area contributed by atoms with Crippen LogP contribution >= 0.6 is 23.2 Å². The first kappa shape index (κ1) is 15.0. The van der Waals surface area contributed by atoms with Gasteiger partial charge in [-0.1, -0.05) is 41.4 Å². The molecule has 0 fully saturated rings. The van der Waals surface area contributed by atoms with Gasteiger partial charge in [-0.25, -0.2) is 13.1 Å². The van der Waals surface area contributed by atoms with Crippen LogP contribution in [0.15, 0.2) is 46.2 Å². The van der Waals surface area contributed by atoms with Crippen LogP contribution in [0.4, 0.5) is 0 Å². The van der Waals surface area contributed by atoms with E-state index in [9.17, 15) is 13.2 Å². The molecule has 0 saturated carbocycles. The van der Waals surface area contributed by atoms with Crippen LogP contribution in [0.5, 0.6) is 0 Å². The van der Waals surface area contributed by atoms with Crippen molar-refractivity contribution in [3.63, 3.8) is 0 Å². The zero-order valence-corrected chi connectivity index (χ0v) is 12.5. The van der Waals surface area contributed by atoms with Crippen LogP contribution in [0, 0.1) is 0 Å². The molecule has 0 aliphatic carbocycles. The Morgan fingerprint density at radius 3 is 2.45 bits per heavy atom. The van der Waals surface area contributed by atoms with Gasteiger partial charge in [0.15, 0.2) is 9.84 Å². The van der Waals surface area contributed by atoms with Gasteiger partial charge in [0.25, 0.3) is 5.56 Å². The van der Waals surface area contributed by atoms with Crippen LogP contribution in [0.25, 0.3) is 0 Å². The number of hydrogen-bond acceptors (Lipinski definition) is 4. The first-order chi connectivity index (χ1) is 9.42. The van der Waals surface area contributed by atoms with Crippen molar-refractivity contribution in [2.45, 2.75) is 11.4 Å². The highest BCUT2D eigenvalue weighted by Gasteiger charge is 2.15. The summed E-state index contributed by atoms with van der Waals surface area (Å²) in [4.78, 5) is 11.9. The van der Waals surface area contributed by atoms with E-state index in [0.717, 1.165) is 4.68 Å². The molecule has 0 saturated heterocycles. The van der Waals surface area contributed by atoms with Crippen molar-refractivity contribution in [3.8, 4) is 0 Å². The summed E-state index contributed by atoms with van der Waals surface area (Å²) in [6.45, 7) is -0.0903. The van der Waals surface area contributed by atoms with Gasteiger partial charge >= 0.3 is 0 Å². The molecule has 0 unspecified atom stereocenters. The quantitative estimate of drug-likeness (QED) is 0.858. The van der Waals surface area contributed by atoms with Crippen molar-refractivity contribution >= 4 is 33.0 Å². The van der Waals surface area contributed by atoms with E-state index >= 15 is 0 Å². The second kappa shape index (κ2) is 5.95. The van der Waals surface area contributed by atoms with E-state index in [2.05, 4.69) is 5.10 Å². The Morgan fingerprint density at radius 1 is 1.15 bits per heavy atom. The maximum Gasteiger partial charge on any atom is 0.287 e. The van der Waals surface area contributed by atoms with E-state index in [4.69, 9.17) is 23.2 Å². The average Bonchev–Trinajstić information content (AvgIpc) is 2.45. The van der Waals surface area contributed by atoms with Crippen molar-refractivity contribution in [1.29, 1.82) is 0 Å². The topological polar surface area (TPSA) is 69.0 Å². The minimum Gasteiger partial charge on any atom is -0.266 e. The first-order valence-electron chi connectivity index (χ1n) is 5.61. The number of rotatable bonds is 4. The number of hydrogen-bond donors (Lipinski definition) is 0. The Labute approximate surface area is 125 Å². The second-order valence-electron chi connectivity index (χ2n) is 3.97. The maximum atomic E-state index is 12.1. The Bertz CT molecular complexity index is 773. The molecule has 0 aliphatic rings.